The van der Waals surface area contributed by atoms with Gasteiger partial charge < -0.3 is 14.5 Å². The van der Waals surface area contributed by atoms with Crippen molar-refractivity contribution in [3.05, 3.63) is 108 Å². The minimum absolute atomic E-state index is 0.196. The number of methoxy groups -OCH3 is 1. The first-order chi connectivity index (χ1) is 18.5. The van der Waals surface area contributed by atoms with E-state index < -0.39 is 10.0 Å². The molecule has 3 aromatic carbocycles. The van der Waals surface area contributed by atoms with E-state index in [4.69, 9.17) is 9.47 Å². The van der Waals surface area contributed by atoms with Crippen LogP contribution < -0.4 is 9.47 Å². The summed E-state index contributed by atoms with van der Waals surface area (Å²) in [5, 5.41) is 1.53. The zero-order valence-electron chi connectivity index (χ0n) is 20.9. The number of aryl methyl sites for hydroxylation is 1. The van der Waals surface area contributed by atoms with Gasteiger partial charge in [0, 0.05) is 34.8 Å². The minimum Gasteiger partial charge on any atom is -0.493 e. The van der Waals surface area contributed by atoms with Gasteiger partial charge in [0.25, 0.3) is 10.0 Å². The molecule has 0 bridgehead atoms. The minimum atomic E-state index is -3.94. The van der Waals surface area contributed by atoms with Crippen LogP contribution in [0.2, 0.25) is 0 Å². The first kappa shape index (κ1) is 23.8. The van der Waals surface area contributed by atoms with Gasteiger partial charge in [-0.2, -0.15) is 0 Å². The second kappa shape index (κ2) is 9.39. The summed E-state index contributed by atoms with van der Waals surface area (Å²) in [7, 11) is -2.35. The molecule has 8 heteroatoms. The van der Waals surface area contributed by atoms with Gasteiger partial charge in [0.15, 0.2) is 17.1 Å². The predicted octanol–water partition coefficient (Wildman–Crippen LogP) is 6.32. The maximum atomic E-state index is 13.9. The number of rotatable bonds is 7. The quantitative estimate of drug-likeness (QED) is 0.265. The number of fused-ring (bicyclic) bond motifs is 2. The number of pyridine rings is 1. The molecule has 6 aromatic rings. The van der Waals surface area contributed by atoms with Crippen LogP contribution in [0.3, 0.4) is 0 Å². The van der Waals surface area contributed by atoms with E-state index in [-0.39, 0.29) is 4.90 Å². The predicted molar refractivity (Wildman–Crippen MR) is 148 cm³/mol. The fourth-order valence-electron chi connectivity index (χ4n) is 4.61. The van der Waals surface area contributed by atoms with Crippen LogP contribution >= 0.6 is 0 Å². The number of H-pyrrole nitrogens is 1. The van der Waals surface area contributed by atoms with Crippen LogP contribution in [-0.4, -0.2) is 29.5 Å². The Hall–Kier alpha value is -4.56. The van der Waals surface area contributed by atoms with Crippen molar-refractivity contribution in [3.8, 4) is 22.8 Å². The van der Waals surface area contributed by atoms with Crippen LogP contribution in [-0.2, 0) is 16.6 Å². The van der Waals surface area contributed by atoms with E-state index in [0.717, 1.165) is 27.4 Å². The standard InChI is InChI=1S/C30H25N3O4S/c1-20-10-12-23(13-11-20)38(34,35)33-27(15-22-9-6-14-31-30(22)33)25-18-32-26-17-29(28(36-2)16-24(25)26)37-19-21-7-4-3-5-8-21/h3-18,32H,19H2,1-2H3. The van der Waals surface area contributed by atoms with Crippen molar-refractivity contribution < 1.29 is 17.9 Å². The number of aromatic amines is 1. The van der Waals surface area contributed by atoms with Crippen molar-refractivity contribution in [2.24, 2.45) is 0 Å². The Morgan fingerprint density at radius 1 is 0.921 bits per heavy atom. The maximum Gasteiger partial charge on any atom is 0.269 e. The summed E-state index contributed by atoms with van der Waals surface area (Å²) in [5.74, 6) is 1.14. The molecule has 0 fully saturated rings. The van der Waals surface area contributed by atoms with Gasteiger partial charge in [-0.25, -0.2) is 17.4 Å². The topological polar surface area (TPSA) is 86.2 Å². The van der Waals surface area contributed by atoms with Gasteiger partial charge in [-0.1, -0.05) is 48.0 Å². The Labute approximate surface area is 220 Å². The Balaban J connectivity index is 1.50. The van der Waals surface area contributed by atoms with Gasteiger partial charge in [-0.3, -0.25) is 0 Å². The SMILES string of the molecule is COc1cc2c(-c3cc4cccnc4n3S(=O)(=O)c3ccc(C)cc3)c[nH]c2cc1OCc1ccccc1. The molecule has 190 valence electrons. The molecule has 0 saturated heterocycles. The zero-order valence-corrected chi connectivity index (χ0v) is 21.7. The molecule has 0 radical (unpaired) electrons. The van der Waals surface area contributed by atoms with E-state index in [1.54, 1.807) is 49.8 Å². The Kier molecular flexibility index (Phi) is 5.88. The van der Waals surface area contributed by atoms with Crippen molar-refractivity contribution in [2.75, 3.05) is 7.11 Å². The van der Waals surface area contributed by atoms with E-state index in [2.05, 4.69) is 9.97 Å². The number of hydrogen-bond donors (Lipinski definition) is 1. The van der Waals surface area contributed by atoms with Gasteiger partial charge in [0.05, 0.1) is 23.2 Å². The molecule has 0 amide bonds. The molecule has 0 spiro atoms. The lowest BCUT2D eigenvalue weighted by Crippen LogP contribution is -2.14. The maximum absolute atomic E-state index is 13.9. The van der Waals surface area contributed by atoms with Crippen molar-refractivity contribution in [1.82, 2.24) is 13.9 Å². The van der Waals surface area contributed by atoms with Crippen LogP contribution in [0.1, 0.15) is 11.1 Å². The molecular weight excluding hydrogens is 498 g/mol. The summed E-state index contributed by atoms with van der Waals surface area (Å²) in [6.45, 7) is 2.32. The Bertz CT molecular complexity index is 1870. The lowest BCUT2D eigenvalue weighted by Gasteiger charge is -2.13. The van der Waals surface area contributed by atoms with E-state index in [1.165, 1.54) is 3.97 Å². The molecule has 38 heavy (non-hydrogen) atoms. The molecule has 7 nitrogen and oxygen atoms in total. The molecule has 0 unspecified atom stereocenters. The van der Waals surface area contributed by atoms with Crippen molar-refractivity contribution in [3.63, 3.8) is 0 Å². The van der Waals surface area contributed by atoms with Crippen molar-refractivity contribution >= 4 is 32.0 Å². The van der Waals surface area contributed by atoms with E-state index >= 15 is 0 Å². The third-order valence-corrected chi connectivity index (χ3v) is 8.28. The van der Waals surface area contributed by atoms with Gasteiger partial charge in [0.1, 0.15) is 6.61 Å². The molecule has 1 N–H and O–H groups in total. The summed E-state index contributed by atoms with van der Waals surface area (Å²) < 4.78 is 40.9. The summed E-state index contributed by atoms with van der Waals surface area (Å²) >= 11 is 0. The Morgan fingerprint density at radius 3 is 2.47 bits per heavy atom. The second-order valence-corrected chi connectivity index (χ2v) is 10.8. The number of benzene rings is 3. The summed E-state index contributed by atoms with van der Waals surface area (Å²) in [4.78, 5) is 7.91. The molecule has 3 aromatic heterocycles. The smallest absolute Gasteiger partial charge is 0.269 e. The fraction of sp³-hybridized carbons (Fsp3) is 0.100. The largest absolute Gasteiger partial charge is 0.493 e. The highest BCUT2D eigenvalue weighted by molar-refractivity contribution is 7.90. The summed E-state index contributed by atoms with van der Waals surface area (Å²) in [6, 6.07) is 26.0. The molecule has 0 saturated carbocycles. The normalized spacial score (nSPS) is 11.7. The fourth-order valence-corrected chi connectivity index (χ4v) is 6.09. The number of nitrogens with zero attached hydrogens (tertiary/aromatic N) is 2. The monoisotopic (exact) mass is 523 g/mol. The van der Waals surface area contributed by atoms with Crippen molar-refractivity contribution in [2.45, 2.75) is 18.4 Å². The molecular formula is C30H25N3O4S. The molecule has 0 atom stereocenters. The first-order valence-corrected chi connectivity index (χ1v) is 13.5. The molecule has 3 heterocycles. The average Bonchev–Trinajstić information content (AvgIpc) is 3.53. The molecule has 6 rings (SSSR count). The highest BCUT2D eigenvalue weighted by Gasteiger charge is 2.26. The molecule has 0 aliphatic rings. The number of aromatic nitrogens is 3. The first-order valence-electron chi connectivity index (χ1n) is 12.1. The average molecular weight is 524 g/mol. The molecule has 0 aliphatic heterocycles. The van der Waals surface area contributed by atoms with E-state index in [9.17, 15) is 8.42 Å². The summed E-state index contributed by atoms with van der Waals surface area (Å²) in [5.41, 5.74) is 4.40. The molecule has 0 aliphatic carbocycles. The highest BCUT2D eigenvalue weighted by atomic mass is 32.2. The second-order valence-electron chi connectivity index (χ2n) is 9.05. The van der Waals surface area contributed by atoms with E-state index in [0.29, 0.717) is 35.0 Å². The van der Waals surface area contributed by atoms with Crippen LogP contribution in [0.25, 0.3) is 33.2 Å². The van der Waals surface area contributed by atoms with Crippen LogP contribution in [0.5, 0.6) is 11.5 Å². The number of nitrogens with one attached hydrogen (secondary N) is 1. The number of hydrogen-bond acceptors (Lipinski definition) is 5. The third kappa shape index (κ3) is 4.09. The van der Waals surface area contributed by atoms with E-state index in [1.807, 2.05) is 61.5 Å². The lowest BCUT2D eigenvalue weighted by atomic mass is 10.1. The zero-order chi connectivity index (χ0) is 26.3. The number of ether oxygens (including phenoxy) is 2. The Morgan fingerprint density at radius 2 is 1.71 bits per heavy atom. The van der Waals surface area contributed by atoms with Crippen molar-refractivity contribution in [1.29, 1.82) is 0 Å². The van der Waals surface area contributed by atoms with Gasteiger partial charge in [0.2, 0.25) is 0 Å². The van der Waals surface area contributed by atoms with Crippen LogP contribution in [0, 0.1) is 6.92 Å². The van der Waals surface area contributed by atoms with Crippen LogP contribution in [0.15, 0.2) is 102 Å². The van der Waals surface area contributed by atoms with Gasteiger partial charge >= 0.3 is 0 Å². The van der Waals surface area contributed by atoms with Gasteiger partial charge in [-0.15, -0.1) is 0 Å². The highest BCUT2D eigenvalue weighted by Crippen LogP contribution is 2.40. The van der Waals surface area contributed by atoms with Gasteiger partial charge in [-0.05, 0) is 48.9 Å². The lowest BCUT2D eigenvalue weighted by molar-refractivity contribution is 0.285. The summed E-state index contributed by atoms with van der Waals surface area (Å²) in [6.07, 6.45) is 3.41. The third-order valence-electron chi connectivity index (χ3n) is 6.56. The van der Waals surface area contributed by atoms with Crippen LogP contribution in [0.4, 0.5) is 0 Å².